The summed E-state index contributed by atoms with van der Waals surface area (Å²) in [5, 5.41) is 6.89. The van der Waals surface area contributed by atoms with E-state index in [0.717, 1.165) is 58.2 Å². The summed E-state index contributed by atoms with van der Waals surface area (Å²) in [7, 11) is 0. The Labute approximate surface area is 108 Å². The lowest BCUT2D eigenvalue weighted by Crippen LogP contribution is -2.46. The second-order valence-corrected chi connectivity index (χ2v) is 4.99. The fourth-order valence-corrected chi connectivity index (χ4v) is 2.58. The van der Waals surface area contributed by atoms with E-state index in [0.29, 0.717) is 0 Å². The van der Waals surface area contributed by atoms with Crippen molar-refractivity contribution in [2.75, 3.05) is 39.5 Å². The van der Waals surface area contributed by atoms with Crippen molar-refractivity contribution in [2.24, 2.45) is 0 Å². The molecule has 0 unspecified atom stereocenters. The van der Waals surface area contributed by atoms with Gasteiger partial charge in [0.05, 0.1) is 6.61 Å². The van der Waals surface area contributed by atoms with Crippen molar-refractivity contribution in [3.05, 3.63) is 29.3 Å². The van der Waals surface area contributed by atoms with E-state index in [4.69, 9.17) is 4.74 Å². The maximum Gasteiger partial charge on any atom is 0.122 e. The van der Waals surface area contributed by atoms with Crippen LogP contribution >= 0.6 is 0 Å². The molecule has 1 aromatic carbocycles. The van der Waals surface area contributed by atoms with Gasteiger partial charge in [0.2, 0.25) is 0 Å². The Kier molecular flexibility index (Phi) is 3.78. The molecule has 3 rings (SSSR count). The SMILES string of the molecule is c1cc2c(cc1CNCN1CCNCC1)CCO2. The van der Waals surface area contributed by atoms with E-state index < -0.39 is 0 Å². The van der Waals surface area contributed by atoms with Crippen LogP contribution in [0.4, 0.5) is 0 Å². The number of nitrogens with one attached hydrogen (secondary N) is 2. The Morgan fingerprint density at radius 3 is 3.06 bits per heavy atom. The standard InChI is InChI=1S/C14H21N3O/c1-2-14-13(3-8-18-14)9-12(1)10-16-11-17-6-4-15-5-7-17/h1-2,9,15-16H,3-8,10-11H2. The minimum atomic E-state index is 0.840. The number of ether oxygens (including phenoxy) is 1. The fourth-order valence-electron chi connectivity index (χ4n) is 2.58. The molecule has 0 atom stereocenters. The molecule has 0 aliphatic carbocycles. The molecule has 4 nitrogen and oxygen atoms in total. The highest BCUT2D eigenvalue weighted by Gasteiger charge is 2.12. The zero-order chi connectivity index (χ0) is 12.2. The zero-order valence-corrected chi connectivity index (χ0v) is 10.7. The summed E-state index contributed by atoms with van der Waals surface area (Å²) in [6.45, 7) is 7.27. The summed E-state index contributed by atoms with van der Waals surface area (Å²) in [5.41, 5.74) is 2.71. The molecular formula is C14H21N3O. The van der Waals surface area contributed by atoms with Gasteiger partial charge in [-0.25, -0.2) is 0 Å². The Morgan fingerprint density at radius 1 is 1.28 bits per heavy atom. The van der Waals surface area contributed by atoms with Gasteiger partial charge in [0.15, 0.2) is 0 Å². The smallest absolute Gasteiger partial charge is 0.122 e. The number of hydrogen-bond donors (Lipinski definition) is 2. The molecule has 1 aromatic rings. The molecule has 0 saturated carbocycles. The minimum absolute atomic E-state index is 0.840. The molecule has 2 aliphatic rings. The summed E-state index contributed by atoms with van der Waals surface area (Å²) in [5.74, 6) is 1.07. The Balaban J connectivity index is 1.48. The van der Waals surface area contributed by atoms with E-state index >= 15 is 0 Å². The average Bonchev–Trinajstić information content (AvgIpc) is 2.87. The van der Waals surface area contributed by atoms with Gasteiger partial charge in [-0.15, -0.1) is 0 Å². The molecule has 18 heavy (non-hydrogen) atoms. The highest BCUT2D eigenvalue weighted by atomic mass is 16.5. The maximum absolute atomic E-state index is 5.52. The van der Waals surface area contributed by atoms with E-state index in [2.05, 4.69) is 33.7 Å². The quantitative estimate of drug-likeness (QED) is 0.816. The molecule has 2 N–H and O–H groups in total. The molecule has 2 heterocycles. The first kappa shape index (κ1) is 12.0. The van der Waals surface area contributed by atoms with Gasteiger partial charge >= 0.3 is 0 Å². The number of nitrogens with zero attached hydrogens (tertiary/aromatic N) is 1. The van der Waals surface area contributed by atoms with Crippen molar-refractivity contribution in [3.8, 4) is 5.75 Å². The van der Waals surface area contributed by atoms with Crippen LogP contribution in [0.3, 0.4) is 0 Å². The fraction of sp³-hybridized carbons (Fsp3) is 0.571. The molecular weight excluding hydrogens is 226 g/mol. The van der Waals surface area contributed by atoms with Gasteiger partial charge in [0.1, 0.15) is 5.75 Å². The van der Waals surface area contributed by atoms with E-state index in [1.165, 1.54) is 11.1 Å². The lowest BCUT2D eigenvalue weighted by atomic mass is 10.1. The highest BCUT2D eigenvalue weighted by Crippen LogP contribution is 2.25. The lowest BCUT2D eigenvalue weighted by Gasteiger charge is -2.27. The van der Waals surface area contributed by atoms with Crippen LogP contribution in [0.2, 0.25) is 0 Å². The first-order valence-corrected chi connectivity index (χ1v) is 6.80. The molecule has 1 fully saturated rings. The van der Waals surface area contributed by atoms with Crippen LogP contribution in [-0.2, 0) is 13.0 Å². The van der Waals surface area contributed by atoms with Crippen molar-refractivity contribution in [1.82, 2.24) is 15.5 Å². The number of rotatable bonds is 4. The number of fused-ring (bicyclic) bond motifs is 1. The van der Waals surface area contributed by atoms with Gasteiger partial charge in [0.25, 0.3) is 0 Å². The van der Waals surface area contributed by atoms with Crippen LogP contribution in [0, 0.1) is 0 Å². The van der Waals surface area contributed by atoms with Gasteiger partial charge in [-0.05, 0) is 17.2 Å². The Hall–Kier alpha value is -1.10. The van der Waals surface area contributed by atoms with E-state index in [1.807, 2.05) is 0 Å². The van der Waals surface area contributed by atoms with Crippen LogP contribution < -0.4 is 15.4 Å². The van der Waals surface area contributed by atoms with Crippen LogP contribution in [0.5, 0.6) is 5.75 Å². The van der Waals surface area contributed by atoms with Crippen molar-refractivity contribution in [2.45, 2.75) is 13.0 Å². The van der Waals surface area contributed by atoms with E-state index in [-0.39, 0.29) is 0 Å². The monoisotopic (exact) mass is 247 g/mol. The van der Waals surface area contributed by atoms with E-state index in [1.54, 1.807) is 0 Å². The first-order chi connectivity index (χ1) is 8.92. The van der Waals surface area contributed by atoms with Gasteiger partial charge in [-0.2, -0.15) is 0 Å². The third-order valence-electron chi connectivity index (χ3n) is 3.63. The molecule has 2 aliphatic heterocycles. The molecule has 0 radical (unpaired) electrons. The molecule has 0 spiro atoms. The van der Waals surface area contributed by atoms with Gasteiger partial charge in [0, 0.05) is 45.8 Å². The van der Waals surface area contributed by atoms with Gasteiger partial charge in [-0.3, -0.25) is 4.90 Å². The highest BCUT2D eigenvalue weighted by molar-refractivity contribution is 5.39. The number of piperazine rings is 1. The second kappa shape index (κ2) is 5.69. The predicted molar refractivity (Wildman–Crippen MR) is 71.8 cm³/mol. The van der Waals surface area contributed by atoms with Crippen molar-refractivity contribution >= 4 is 0 Å². The molecule has 0 aromatic heterocycles. The average molecular weight is 247 g/mol. The topological polar surface area (TPSA) is 36.5 Å². The lowest BCUT2D eigenvalue weighted by molar-refractivity contribution is 0.223. The normalized spacial score (nSPS) is 19.6. The Morgan fingerprint density at radius 2 is 2.17 bits per heavy atom. The summed E-state index contributed by atoms with van der Waals surface area (Å²) < 4.78 is 5.52. The largest absolute Gasteiger partial charge is 0.493 e. The summed E-state index contributed by atoms with van der Waals surface area (Å²) in [6.07, 6.45) is 1.06. The van der Waals surface area contributed by atoms with Gasteiger partial charge < -0.3 is 15.4 Å². The molecule has 98 valence electrons. The molecule has 0 amide bonds. The maximum atomic E-state index is 5.52. The van der Waals surface area contributed by atoms with Crippen LogP contribution in [0.1, 0.15) is 11.1 Å². The molecule has 0 bridgehead atoms. The molecule has 4 heteroatoms. The first-order valence-electron chi connectivity index (χ1n) is 6.80. The number of hydrogen-bond acceptors (Lipinski definition) is 4. The second-order valence-electron chi connectivity index (χ2n) is 4.99. The molecule has 1 saturated heterocycles. The third kappa shape index (κ3) is 2.83. The predicted octanol–water partition coefficient (Wildman–Crippen LogP) is 0.574. The van der Waals surface area contributed by atoms with Crippen molar-refractivity contribution < 1.29 is 4.74 Å². The number of benzene rings is 1. The Bertz CT molecular complexity index is 402. The van der Waals surface area contributed by atoms with E-state index in [9.17, 15) is 0 Å². The van der Waals surface area contributed by atoms with Crippen LogP contribution in [-0.4, -0.2) is 44.4 Å². The summed E-state index contributed by atoms with van der Waals surface area (Å²) in [4.78, 5) is 2.45. The summed E-state index contributed by atoms with van der Waals surface area (Å²) >= 11 is 0. The van der Waals surface area contributed by atoms with Crippen molar-refractivity contribution in [1.29, 1.82) is 0 Å². The summed E-state index contributed by atoms with van der Waals surface area (Å²) in [6, 6.07) is 6.53. The minimum Gasteiger partial charge on any atom is -0.493 e. The van der Waals surface area contributed by atoms with Crippen molar-refractivity contribution in [3.63, 3.8) is 0 Å². The third-order valence-corrected chi connectivity index (χ3v) is 3.63. The zero-order valence-electron chi connectivity index (χ0n) is 10.7. The van der Waals surface area contributed by atoms with Gasteiger partial charge in [-0.1, -0.05) is 12.1 Å². The van der Waals surface area contributed by atoms with Crippen LogP contribution in [0.15, 0.2) is 18.2 Å². The van der Waals surface area contributed by atoms with Crippen LogP contribution in [0.25, 0.3) is 0 Å².